The van der Waals surface area contributed by atoms with Crippen LogP contribution in [0.1, 0.15) is 43.8 Å². The highest BCUT2D eigenvalue weighted by Gasteiger charge is 2.14. The first-order valence-electron chi connectivity index (χ1n) is 6.58. The molecule has 7 heteroatoms. The lowest BCUT2D eigenvalue weighted by Crippen LogP contribution is -2.30. The first kappa shape index (κ1) is 14.3. The van der Waals surface area contributed by atoms with E-state index in [1.807, 2.05) is 19.9 Å². The number of aromatic nitrogens is 3. The van der Waals surface area contributed by atoms with Crippen molar-refractivity contribution in [3.05, 3.63) is 36.0 Å². The summed E-state index contributed by atoms with van der Waals surface area (Å²) in [4.78, 5) is 11.9. The summed E-state index contributed by atoms with van der Waals surface area (Å²) in [5.74, 6) is 0.557. The molecule has 2 unspecified atom stereocenters. The summed E-state index contributed by atoms with van der Waals surface area (Å²) in [6.07, 6.45) is 4.06. The molecule has 0 aliphatic rings. The van der Waals surface area contributed by atoms with Gasteiger partial charge in [-0.15, -0.1) is 5.10 Å². The second-order valence-corrected chi connectivity index (χ2v) is 4.66. The zero-order valence-corrected chi connectivity index (χ0v) is 11.6. The highest BCUT2D eigenvalue weighted by atomic mass is 16.3. The molecule has 2 aromatic rings. The minimum Gasteiger partial charge on any atom is -0.467 e. The molecular formula is C13H19N5O2. The van der Waals surface area contributed by atoms with Crippen LogP contribution in [0.5, 0.6) is 0 Å². The zero-order chi connectivity index (χ0) is 14.5. The third-order valence-electron chi connectivity index (χ3n) is 3.03. The number of carbonyl (C=O) groups excluding carboxylic acids is 1. The molecule has 20 heavy (non-hydrogen) atoms. The van der Waals surface area contributed by atoms with Gasteiger partial charge >= 0.3 is 0 Å². The lowest BCUT2D eigenvalue weighted by molar-refractivity contribution is -0.122. The molecule has 3 N–H and O–H groups in total. The van der Waals surface area contributed by atoms with E-state index >= 15 is 0 Å². The van der Waals surface area contributed by atoms with Crippen LogP contribution in [0.2, 0.25) is 0 Å². The largest absolute Gasteiger partial charge is 0.467 e. The predicted octanol–water partition coefficient (Wildman–Crippen LogP) is 1.16. The normalized spacial score (nSPS) is 13.9. The summed E-state index contributed by atoms with van der Waals surface area (Å²) in [7, 11) is 0. The topological polar surface area (TPSA) is 99.0 Å². The van der Waals surface area contributed by atoms with Crippen LogP contribution in [0.3, 0.4) is 0 Å². The summed E-state index contributed by atoms with van der Waals surface area (Å²) >= 11 is 0. The molecule has 0 saturated carbocycles. The monoisotopic (exact) mass is 277 g/mol. The van der Waals surface area contributed by atoms with E-state index in [2.05, 4.69) is 15.6 Å². The summed E-state index contributed by atoms with van der Waals surface area (Å²) < 4.78 is 6.71. The van der Waals surface area contributed by atoms with Crippen molar-refractivity contribution in [3.8, 4) is 0 Å². The van der Waals surface area contributed by atoms with Gasteiger partial charge in [0.1, 0.15) is 12.3 Å². The van der Waals surface area contributed by atoms with Crippen LogP contribution in [0, 0.1) is 0 Å². The second-order valence-electron chi connectivity index (χ2n) is 4.66. The number of furan rings is 1. The minimum absolute atomic E-state index is 0.106. The summed E-state index contributed by atoms with van der Waals surface area (Å²) in [6.45, 7) is 3.94. The van der Waals surface area contributed by atoms with E-state index in [0.29, 0.717) is 11.5 Å². The highest BCUT2D eigenvalue weighted by Crippen LogP contribution is 2.12. The van der Waals surface area contributed by atoms with Crippen molar-refractivity contribution in [2.75, 3.05) is 0 Å². The van der Waals surface area contributed by atoms with Gasteiger partial charge in [-0.2, -0.15) is 0 Å². The van der Waals surface area contributed by atoms with Crippen molar-refractivity contribution in [1.82, 2.24) is 20.3 Å². The molecule has 1 amide bonds. The van der Waals surface area contributed by atoms with Gasteiger partial charge in [-0.05, 0) is 25.5 Å². The number of nitrogens with two attached hydrogens (primary N) is 1. The molecule has 2 rings (SSSR count). The smallest absolute Gasteiger partial charge is 0.242 e. The molecule has 2 aromatic heterocycles. The lowest BCUT2D eigenvalue weighted by atomic mass is 10.2. The fraction of sp³-hybridized carbons (Fsp3) is 0.462. The van der Waals surface area contributed by atoms with E-state index in [9.17, 15) is 4.79 Å². The standard InChI is InChI=1S/C13H19N5O2/c1-3-10(14)11-7-18(17-16-11)8-13(19)15-9(2)12-5-4-6-20-12/h4-7,9-10H,3,8,14H2,1-2H3,(H,15,19). The Labute approximate surface area is 117 Å². The third-order valence-corrected chi connectivity index (χ3v) is 3.03. The summed E-state index contributed by atoms with van der Waals surface area (Å²) in [6, 6.07) is 3.28. The van der Waals surface area contributed by atoms with Crippen molar-refractivity contribution in [3.63, 3.8) is 0 Å². The van der Waals surface area contributed by atoms with E-state index in [-0.39, 0.29) is 24.5 Å². The van der Waals surface area contributed by atoms with Crippen LogP contribution in [-0.4, -0.2) is 20.9 Å². The Morgan fingerprint density at radius 1 is 1.60 bits per heavy atom. The van der Waals surface area contributed by atoms with Crippen LogP contribution < -0.4 is 11.1 Å². The number of amides is 1. The molecule has 0 aliphatic heterocycles. The maximum Gasteiger partial charge on any atom is 0.242 e. The Morgan fingerprint density at radius 2 is 2.40 bits per heavy atom. The van der Waals surface area contributed by atoms with Gasteiger partial charge in [0.15, 0.2) is 0 Å². The average Bonchev–Trinajstić information content (AvgIpc) is 3.08. The SMILES string of the molecule is CCC(N)c1cn(CC(=O)NC(C)c2ccco2)nn1. The molecule has 0 aromatic carbocycles. The molecule has 0 bridgehead atoms. The Hall–Kier alpha value is -2.15. The molecule has 108 valence electrons. The van der Waals surface area contributed by atoms with Crippen LogP contribution in [0.15, 0.2) is 29.0 Å². The van der Waals surface area contributed by atoms with Gasteiger partial charge in [0, 0.05) is 0 Å². The van der Waals surface area contributed by atoms with Gasteiger partial charge in [-0.1, -0.05) is 12.1 Å². The molecule has 0 fully saturated rings. The Balaban J connectivity index is 1.90. The number of hydrogen-bond acceptors (Lipinski definition) is 5. The van der Waals surface area contributed by atoms with Gasteiger partial charge in [0.25, 0.3) is 0 Å². The van der Waals surface area contributed by atoms with E-state index in [4.69, 9.17) is 10.2 Å². The van der Waals surface area contributed by atoms with Gasteiger partial charge in [0.05, 0.1) is 30.2 Å². The molecule has 0 radical (unpaired) electrons. The molecule has 0 spiro atoms. The van der Waals surface area contributed by atoms with E-state index in [1.54, 1.807) is 18.5 Å². The van der Waals surface area contributed by atoms with Crippen molar-refractivity contribution in [1.29, 1.82) is 0 Å². The molecule has 0 aliphatic carbocycles. The first-order chi connectivity index (χ1) is 9.60. The van der Waals surface area contributed by atoms with Gasteiger partial charge < -0.3 is 15.5 Å². The highest BCUT2D eigenvalue weighted by molar-refractivity contribution is 5.76. The first-order valence-corrected chi connectivity index (χ1v) is 6.58. The van der Waals surface area contributed by atoms with E-state index in [1.165, 1.54) is 4.68 Å². The molecular weight excluding hydrogens is 258 g/mol. The maximum absolute atomic E-state index is 11.9. The predicted molar refractivity (Wildman–Crippen MR) is 72.5 cm³/mol. The zero-order valence-electron chi connectivity index (χ0n) is 11.6. The van der Waals surface area contributed by atoms with Crippen LogP contribution in [0.4, 0.5) is 0 Å². The van der Waals surface area contributed by atoms with E-state index in [0.717, 1.165) is 6.42 Å². The van der Waals surface area contributed by atoms with Crippen molar-refractivity contribution in [2.24, 2.45) is 5.73 Å². The number of hydrogen-bond donors (Lipinski definition) is 2. The fourth-order valence-electron chi connectivity index (χ4n) is 1.81. The number of carbonyl (C=O) groups is 1. The van der Waals surface area contributed by atoms with Gasteiger partial charge in [-0.25, -0.2) is 4.68 Å². The Bertz CT molecular complexity index is 549. The summed E-state index contributed by atoms with van der Waals surface area (Å²) in [5, 5.41) is 10.7. The molecule has 2 atom stereocenters. The van der Waals surface area contributed by atoms with Crippen molar-refractivity contribution in [2.45, 2.75) is 38.9 Å². The molecule has 7 nitrogen and oxygen atoms in total. The molecule has 0 saturated heterocycles. The molecule has 2 heterocycles. The van der Waals surface area contributed by atoms with Crippen LogP contribution in [0.25, 0.3) is 0 Å². The fourth-order valence-corrected chi connectivity index (χ4v) is 1.81. The Kier molecular flexibility index (Phi) is 4.52. The minimum atomic E-state index is -0.182. The van der Waals surface area contributed by atoms with Gasteiger partial charge in [0.2, 0.25) is 5.91 Å². The van der Waals surface area contributed by atoms with E-state index < -0.39 is 0 Å². The average molecular weight is 277 g/mol. The van der Waals surface area contributed by atoms with Crippen molar-refractivity contribution < 1.29 is 9.21 Å². The number of nitrogens with one attached hydrogen (secondary N) is 1. The lowest BCUT2D eigenvalue weighted by Gasteiger charge is -2.11. The summed E-state index contributed by atoms with van der Waals surface area (Å²) in [5.41, 5.74) is 6.55. The van der Waals surface area contributed by atoms with Crippen molar-refractivity contribution >= 4 is 5.91 Å². The van der Waals surface area contributed by atoms with Crippen LogP contribution in [-0.2, 0) is 11.3 Å². The third kappa shape index (κ3) is 3.45. The second kappa shape index (κ2) is 6.33. The quantitative estimate of drug-likeness (QED) is 0.825. The maximum atomic E-state index is 11.9. The van der Waals surface area contributed by atoms with Gasteiger partial charge in [-0.3, -0.25) is 4.79 Å². The number of nitrogens with zero attached hydrogens (tertiary/aromatic N) is 3. The Morgan fingerprint density at radius 3 is 3.05 bits per heavy atom. The number of rotatable bonds is 6. The van der Waals surface area contributed by atoms with Crippen LogP contribution >= 0.6 is 0 Å².